The third-order valence-corrected chi connectivity index (χ3v) is 5.79. The fourth-order valence-corrected chi connectivity index (χ4v) is 3.97. The van der Waals surface area contributed by atoms with Crippen LogP contribution in [0.3, 0.4) is 0 Å². The summed E-state index contributed by atoms with van der Waals surface area (Å²) in [5.74, 6) is 0.163. The monoisotopic (exact) mass is 506 g/mol. The maximum atomic E-state index is 13.5. The second-order valence-corrected chi connectivity index (χ2v) is 8.36. The molecule has 0 radical (unpaired) electrons. The van der Waals surface area contributed by atoms with E-state index in [0.717, 1.165) is 19.3 Å². The fraction of sp³-hybridized carbons (Fsp3) is 0.577. The normalized spacial score (nSPS) is 15.1. The Morgan fingerprint density at radius 3 is 2.67 bits per heavy atom. The number of aliphatic hydroxyl groups excluding tert-OH is 1. The number of benzene rings is 1. The molecule has 1 fully saturated rings. The number of amides is 2. The van der Waals surface area contributed by atoms with Crippen LogP contribution in [0.1, 0.15) is 62.2 Å². The maximum Gasteiger partial charge on any atom is 0.411 e. The highest BCUT2D eigenvalue weighted by Crippen LogP contribution is 2.35. The Labute approximate surface area is 212 Å². The minimum absolute atomic E-state index is 0.0130. The Bertz CT molecular complexity index is 889. The number of methoxy groups -OCH3 is 1. The summed E-state index contributed by atoms with van der Waals surface area (Å²) in [7, 11) is 1.47. The molecule has 0 saturated carbocycles. The number of aliphatic hydroxyl groups is 1. The van der Waals surface area contributed by atoms with Crippen LogP contribution in [0.15, 0.2) is 24.8 Å². The summed E-state index contributed by atoms with van der Waals surface area (Å²) in [5.41, 5.74) is 0.430. The van der Waals surface area contributed by atoms with Crippen LogP contribution in [0, 0.1) is 0 Å². The number of hydrogen-bond donors (Lipinski definition) is 2. The summed E-state index contributed by atoms with van der Waals surface area (Å²) in [6.45, 7) is 6.41. The van der Waals surface area contributed by atoms with Crippen molar-refractivity contribution < 1.29 is 38.4 Å². The number of unbranched alkanes of at least 4 members (excludes halogenated alkanes) is 2. The Morgan fingerprint density at radius 2 is 1.97 bits per heavy atom. The van der Waals surface area contributed by atoms with Gasteiger partial charge in [-0.3, -0.25) is 14.9 Å². The molecule has 1 aliphatic rings. The summed E-state index contributed by atoms with van der Waals surface area (Å²) >= 11 is 0. The zero-order valence-electron chi connectivity index (χ0n) is 21.3. The molecule has 1 aromatic rings. The van der Waals surface area contributed by atoms with Gasteiger partial charge in [-0.05, 0) is 51.5 Å². The second kappa shape index (κ2) is 15.7. The van der Waals surface area contributed by atoms with Gasteiger partial charge in [0.25, 0.3) is 5.91 Å². The first-order valence-corrected chi connectivity index (χ1v) is 12.4. The van der Waals surface area contributed by atoms with E-state index in [1.54, 1.807) is 11.8 Å². The highest BCUT2D eigenvalue weighted by molar-refractivity contribution is 6.03. The molecule has 1 unspecified atom stereocenters. The fourth-order valence-electron chi connectivity index (χ4n) is 3.97. The lowest BCUT2D eigenvalue weighted by atomic mass is 10.0. The van der Waals surface area contributed by atoms with Gasteiger partial charge in [0.15, 0.2) is 11.5 Å². The van der Waals surface area contributed by atoms with Gasteiger partial charge in [0.05, 0.1) is 44.2 Å². The Balaban J connectivity index is 2.18. The minimum Gasteiger partial charge on any atom is -0.493 e. The number of nitrogens with one attached hydrogen (secondary N) is 1. The molecule has 10 nitrogen and oxygen atoms in total. The van der Waals surface area contributed by atoms with Crippen molar-refractivity contribution in [3.05, 3.63) is 30.4 Å². The van der Waals surface area contributed by atoms with E-state index in [9.17, 15) is 19.5 Å². The van der Waals surface area contributed by atoms with Gasteiger partial charge < -0.3 is 29.0 Å². The maximum absolute atomic E-state index is 13.5. The number of piperidine rings is 1. The molecule has 2 amide bonds. The largest absolute Gasteiger partial charge is 0.493 e. The van der Waals surface area contributed by atoms with Crippen LogP contribution < -0.4 is 14.8 Å². The van der Waals surface area contributed by atoms with Gasteiger partial charge in [-0.2, -0.15) is 0 Å². The summed E-state index contributed by atoms with van der Waals surface area (Å²) in [6.07, 6.45) is 5.70. The molecule has 2 rings (SSSR count). The van der Waals surface area contributed by atoms with Crippen molar-refractivity contribution in [1.29, 1.82) is 0 Å². The van der Waals surface area contributed by atoms with Crippen LogP contribution in [0.5, 0.6) is 11.5 Å². The van der Waals surface area contributed by atoms with Gasteiger partial charge in [-0.1, -0.05) is 12.7 Å². The molecule has 1 aromatic carbocycles. The number of nitrogens with zero attached hydrogens (tertiary/aromatic N) is 1. The smallest absolute Gasteiger partial charge is 0.411 e. The zero-order chi connectivity index (χ0) is 26.3. The van der Waals surface area contributed by atoms with E-state index >= 15 is 0 Å². The van der Waals surface area contributed by atoms with Crippen LogP contribution in [0.2, 0.25) is 0 Å². The van der Waals surface area contributed by atoms with Gasteiger partial charge in [-0.25, -0.2) is 4.79 Å². The van der Waals surface area contributed by atoms with Crippen LogP contribution in [-0.2, 0) is 14.3 Å². The molecule has 0 bridgehead atoms. The zero-order valence-corrected chi connectivity index (χ0v) is 21.3. The van der Waals surface area contributed by atoms with Gasteiger partial charge in [0, 0.05) is 19.0 Å². The minimum atomic E-state index is -0.739. The molecule has 2 N–H and O–H groups in total. The molecule has 1 aliphatic heterocycles. The summed E-state index contributed by atoms with van der Waals surface area (Å²) in [5, 5.41) is 12.4. The predicted octanol–water partition coefficient (Wildman–Crippen LogP) is 3.92. The molecule has 200 valence electrons. The predicted molar refractivity (Wildman–Crippen MR) is 135 cm³/mol. The van der Waals surface area contributed by atoms with Crippen molar-refractivity contribution >= 4 is 23.7 Å². The lowest BCUT2D eigenvalue weighted by Crippen LogP contribution is -2.45. The van der Waals surface area contributed by atoms with Crippen molar-refractivity contribution in [3.63, 3.8) is 0 Å². The van der Waals surface area contributed by atoms with Gasteiger partial charge in [0.2, 0.25) is 0 Å². The Kier molecular flexibility index (Phi) is 12.6. The number of hydrogen-bond acceptors (Lipinski definition) is 8. The first kappa shape index (κ1) is 29.0. The first-order valence-electron chi connectivity index (χ1n) is 12.4. The van der Waals surface area contributed by atoms with E-state index in [1.807, 2.05) is 0 Å². The average Bonchev–Trinajstić information content (AvgIpc) is 2.89. The van der Waals surface area contributed by atoms with E-state index in [2.05, 4.69) is 11.9 Å². The van der Waals surface area contributed by atoms with Crippen LogP contribution in [-0.4, -0.2) is 74.1 Å². The third-order valence-electron chi connectivity index (χ3n) is 5.79. The number of likely N-dealkylation sites (tertiary alicyclic amines) is 1. The van der Waals surface area contributed by atoms with Crippen molar-refractivity contribution in [1.82, 2.24) is 4.90 Å². The molecule has 1 atom stereocenters. The van der Waals surface area contributed by atoms with E-state index in [-0.39, 0.29) is 42.4 Å². The van der Waals surface area contributed by atoms with E-state index in [1.165, 1.54) is 25.3 Å². The first-order chi connectivity index (χ1) is 17.4. The lowest BCUT2D eigenvalue weighted by Gasteiger charge is -2.35. The SMILES string of the molecule is C=CCOC(=O)Nc1cc(OCCCCCC(=O)OCC)c(OC)cc1C(=O)N1CCCCC1CO. The highest BCUT2D eigenvalue weighted by atomic mass is 16.5. The number of carbonyl (C=O) groups excluding carboxylic acids is 3. The summed E-state index contributed by atoms with van der Waals surface area (Å²) in [6, 6.07) is 2.78. The van der Waals surface area contributed by atoms with Gasteiger partial charge in [-0.15, -0.1) is 0 Å². The molecule has 0 aliphatic carbocycles. The molecular weight excluding hydrogens is 468 g/mol. The summed E-state index contributed by atoms with van der Waals surface area (Å²) < 4.78 is 21.3. The number of rotatable bonds is 14. The van der Waals surface area contributed by atoms with E-state index in [0.29, 0.717) is 56.9 Å². The van der Waals surface area contributed by atoms with Crippen molar-refractivity contribution in [2.75, 3.05) is 45.4 Å². The quantitative estimate of drug-likeness (QED) is 0.221. The van der Waals surface area contributed by atoms with Gasteiger partial charge in [0.1, 0.15) is 6.61 Å². The topological polar surface area (TPSA) is 124 Å². The van der Waals surface area contributed by atoms with E-state index in [4.69, 9.17) is 18.9 Å². The Hall–Kier alpha value is -3.27. The number of anilines is 1. The van der Waals surface area contributed by atoms with Gasteiger partial charge >= 0.3 is 12.1 Å². The van der Waals surface area contributed by atoms with Crippen molar-refractivity contribution in [3.8, 4) is 11.5 Å². The number of carbonyl (C=O) groups is 3. The number of esters is 1. The van der Waals surface area contributed by atoms with E-state index < -0.39 is 6.09 Å². The van der Waals surface area contributed by atoms with Crippen LogP contribution in [0.4, 0.5) is 10.5 Å². The highest BCUT2D eigenvalue weighted by Gasteiger charge is 2.30. The molecule has 1 heterocycles. The van der Waals surface area contributed by atoms with Crippen LogP contribution >= 0.6 is 0 Å². The molecule has 0 aromatic heterocycles. The van der Waals surface area contributed by atoms with Crippen LogP contribution in [0.25, 0.3) is 0 Å². The summed E-state index contributed by atoms with van der Waals surface area (Å²) in [4.78, 5) is 38.8. The Morgan fingerprint density at radius 1 is 1.17 bits per heavy atom. The van der Waals surface area contributed by atoms with Crippen molar-refractivity contribution in [2.24, 2.45) is 0 Å². The lowest BCUT2D eigenvalue weighted by molar-refractivity contribution is -0.143. The third kappa shape index (κ3) is 8.75. The molecule has 10 heteroatoms. The number of ether oxygens (including phenoxy) is 4. The molecule has 0 spiro atoms. The van der Waals surface area contributed by atoms with Crippen molar-refractivity contribution in [2.45, 2.75) is 57.9 Å². The second-order valence-electron chi connectivity index (χ2n) is 8.36. The molecule has 36 heavy (non-hydrogen) atoms. The molecule has 1 saturated heterocycles. The molecular formula is C26H38N2O8. The average molecular weight is 507 g/mol. The standard InChI is InChI=1S/C26H38N2O8/c1-4-14-36-26(32)27-21-17-23(35-15-10-6-7-12-24(30)34-5-2)22(33-3)16-20(21)25(31)28-13-9-8-11-19(28)18-29/h4,16-17,19,29H,1,5-15,18H2,2-3H3,(H,27,32).